The Balaban J connectivity index is 0.000000638. The largest absolute Gasteiger partial charge is 0.490 e. The molecule has 3 rings (SSSR count). The lowest BCUT2D eigenvalue weighted by Crippen LogP contribution is -2.37. The van der Waals surface area contributed by atoms with Gasteiger partial charge in [-0.2, -0.15) is 13.2 Å². The second kappa shape index (κ2) is 14.5. The van der Waals surface area contributed by atoms with Crippen LogP contribution in [-0.4, -0.2) is 59.6 Å². The van der Waals surface area contributed by atoms with E-state index in [2.05, 4.69) is 36.3 Å². The highest BCUT2D eigenvalue weighted by Gasteiger charge is 2.38. The molecule has 0 saturated carbocycles. The number of carboxylic acids is 1. The van der Waals surface area contributed by atoms with E-state index < -0.39 is 12.1 Å². The van der Waals surface area contributed by atoms with E-state index in [4.69, 9.17) is 9.90 Å². The summed E-state index contributed by atoms with van der Waals surface area (Å²) in [4.78, 5) is 36.4. The summed E-state index contributed by atoms with van der Waals surface area (Å²) in [5, 5.41) is 13.2. The lowest BCUT2D eigenvalue weighted by molar-refractivity contribution is -0.192. The molecule has 1 heterocycles. The quantitative estimate of drug-likeness (QED) is 0.359. The Hall–Kier alpha value is -3.40. The van der Waals surface area contributed by atoms with Gasteiger partial charge in [0, 0.05) is 35.9 Å². The Labute approximate surface area is 221 Å². The fourth-order valence-electron chi connectivity index (χ4n) is 3.94. The maximum atomic E-state index is 12.6. The topological polar surface area (TPSA) is 98.7 Å². The predicted molar refractivity (Wildman–Crippen MR) is 140 cm³/mol. The van der Waals surface area contributed by atoms with Gasteiger partial charge in [0.2, 0.25) is 0 Å². The summed E-state index contributed by atoms with van der Waals surface area (Å²) < 4.78 is 31.7. The molecule has 2 aromatic rings. The molecule has 0 bridgehead atoms. The van der Waals surface area contributed by atoms with Crippen molar-refractivity contribution in [3.63, 3.8) is 0 Å². The third-order valence-corrected chi connectivity index (χ3v) is 6.17. The molecule has 2 aromatic carbocycles. The Kier molecular flexibility index (Phi) is 11.8. The number of carbonyl (C=O) groups is 3. The van der Waals surface area contributed by atoms with Gasteiger partial charge in [-0.25, -0.2) is 4.79 Å². The molecule has 7 nitrogen and oxygen atoms in total. The van der Waals surface area contributed by atoms with E-state index in [-0.39, 0.29) is 17.9 Å². The van der Waals surface area contributed by atoms with E-state index in [9.17, 15) is 22.8 Å². The molecule has 1 unspecified atom stereocenters. The summed E-state index contributed by atoms with van der Waals surface area (Å²) in [6, 6.07) is 15.0. The number of hydrogen-bond acceptors (Lipinski definition) is 4. The van der Waals surface area contributed by atoms with Gasteiger partial charge in [0.15, 0.2) is 0 Å². The van der Waals surface area contributed by atoms with Crippen molar-refractivity contribution in [1.82, 2.24) is 10.2 Å². The first-order valence-corrected chi connectivity index (χ1v) is 12.7. The molecular weight excluding hydrogens is 499 g/mol. The van der Waals surface area contributed by atoms with E-state index in [1.807, 2.05) is 24.3 Å². The number of hydrogen-bond donors (Lipinski definition) is 3. The van der Waals surface area contributed by atoms with Gasteiger partial charge in [-0.1, -0.05) is 45.7 Å². The van der Waals surface area contributed by atoms with E-state index in [1.54, 1.807) is 24.3 Å². The van der Waals surface area contributed by atoms with Gasteiger partial charge >= 0.3 is 12.1 Å². The number of unbranched alkanes of at least 4 members (excludes halogenated alkanes) is 2. The molecule has 1 fully saturated rings. The van der Waals surface area contributed by atoms with Crippen molar-refractivity contribution in [3.8, 4) is 0 Å². The van der Waals surface area contributed by atoms with Crippen molar-refractivity contribution in [2.75, 3.05) is 25.0 Å². The van der Waals surface area contributed by atoms with Gasteiger partial charge < -0.3 is 20.6 Å². The number of nitrogens with zero attached hydrogens (tertiary/aromatic N) is 1. The zero-order valence-electron chi connectivity index (χ0n) is 22.0. The first kappa shape index (κ1) is 30.8. The Morgan fingerprint density at radius 2 is 1.53 bits per heavy atom. The number of carbonyl (C=O) groups excluding carboxylic acids is 2. The van der Waals surface area contributed by atoms with Crippen LogP contribution < -0.4 is 10.6 Å². The highest BCUT2D eigenvalue weighted by atomic mass is 19.4. The molecule has 1 aliphatic heterocycles. The fourth-order valence-corrected chi connectivity index (χ4v) is 3.94. The molecule has 0 spiro atoms. The van der Waals surface area contributed by atoms with Gasteiger partial charge in [-0.05, 0) is 67.3 Å². The summed E-state index contributed by atoms with van der Waals surface area (Å²) >= 11 is 0. The first-order chi connectivity index (χ1) is 17.9. The number of benzene rings is 2. The Morgan fingerprint density at radius 1 is 0.974 bits per heavy atom. The number of alkyl halides is 3. The molecule has 0 radical (unpaired) electrons. The van der Waals surface area contributed by atoms with Crippen LogP contribution in [0.25, 0.3) is 0 Å². The third kappa shape index (κ3) is 10.2. The third-order valence-electron chi connectivity index (χ3n) is 6.17. The summed E-state index contributed by atoms with van der Waals surface area (Å²) in [7, 11) is 0. The van der Waals surface area contributed by atoms with Crippen LogP contribution in [0.2, 0.25) is 0 Å². The Bertz CT molecular complexity index is 1050. The molecule has 208 valence electrons. The molecule has 1 saturated heterocycles. The lowest BCUT2D eigenvalue weighted by Gasteiger charge is -2.16. The average molecular weight is 536 g/mol. The minimum Gasteiger partial charge on any atom is -0.475 e. The summed E-state index contributed by atoms with van der Waals surface area (Å²) in [5.74, 6) is -2.55. The zero-order chi connectivity index (χ0) is 28.3. The van der Waals surface area contributed by atoms with E-state index in [0.717, 1.165) is 31.7 Å². The minimum absolute atomic E-state index is 0.0726. The maximum Gasteiger partial charge on any atom is 0.490 e. The first-order valence-electron chi connectivity index (χ1n) is 12.7. The molecule has 0 aromatic heterocycles. The van der Waals surface area contributed by atoms with Crippen molar-refractivity contribution in [2.45, 2.75) is 64.6 Å². The van der Waals surface area contributed by atoms with Crippen LogP contribution in [0.3, 0.4) is 0 Å². The molecule has 10 heteroatoms. The van der Waals surface area contributed by atoms with Crippen molar-refractivity contribution < 1.29 is 32.7 Å². The Morgan fingerprint density at radius 3 is 2.03 bits per heavy atom. The number of nitrogens with one attached hydrogen (secondary N) is 2. The molecule has 0 aliphatic carbocycles. The van der Waals surface area contributed by atoms with E-state index in [0.29, 0.717) is 17.0 Å². The molecule has 2 amide bonds. The van der Waals surface area contributed by atoms with Crippen LogP contribution in [-0.2, 0) is 4.79 Å². The number of likely N-dealkylation sites (tertiary alicyclic amines) is 1. The van der Waals surface area contributed by atoms with Gasteiger partial charge in [0.05, 0.1) is 0 Å². The molecule has 3 N–H and O–H groups in total. The standard InChI is InChI=1S/C26H35N3O2.C2HF3O2/c1-4-5-6-16-29-17-15-24(18-29)28-26(31)22-9-7-21(8-10-22)25(30)27-23-13-11-20(12-14-23)19(2)3;3-2(4,5)1(6)7/h7-14,19,24H,4-6,15-18H2,1-3H3,(H,27,30)(H,28,31);(H,6,7). The lowest BCUT2D eigenvalue weighted by atomic mass is 10.0. The summed E-state index contributed by atoms with van der Waals surface area (Å²) in [6.45, 7) is 9.58. The smallest absolute Gasteiger partial charge is 0.475 e. The monoisotopic (exact) mass is 535 g/mol. The van der Waals surface area contributed by atoms with Crippen LogP contribution in [0.5, 0.6) is 0 Å². The van der Waals surface area contributed by atoms with Crippen molar-refractivity contribution in [2.24, 2.45) is 0 Å². The van der Waals surface area contributed by atoms with Crippen LogP contribution in [0.1, 0.15) is 78.7 Å². The van der Waals surface area contributed by atoms with Gasteiger partial charge in [0.1, 0.15) is 0 Å². The second-order valence-electron chi connectivity index (χ2n) is 9.58. The molecule has 1 aliphatic rings. The predicted octanol–water partition coefficient (Wildman–Crippen LogP) is 5.69. The molecule has 38 heavy (non-hydrogen) atoms. The zero-order valence-corrected chi connectivity index (χ0v) is 22.0. The van der Waals surface area contributed by atoms with Crippen molar-refractivity contribution in [1.29, 1.82) is 0 Å². The van der Waals surface area contributed by atoms with Crippen LogP contribution >= 0.6 is 0 Å². The second-order valence-corrected chi connectivity index (χ2v) is 9.58. The minimum atomic E-state index is -5.08. The average Bonchev–Trinajstić information content (AvgIpc) is 3.31. The van der Waals surface area contributed by atoms with Crippen LogP contribution in [0.4, 0.5) is 18.9 Å². The number of carboxylic acid groups (broad SMARTS) is 1. The highest BCUT2D eigenvalue weighted by molar-refractivity contribution is 6.05. The van der Waals surface area contributed by atoms with E-state index >= 15 is 0 Å². The van der Waals surface area contributed by atoms with Gasteiger partial charge in [0.25, 0.3) is 11.8 Å². The van der Waals surface area contributed by atoms with Crippen molar-refractivity contribution >= 4 is 23.5 Å². The number of rotatable bonds is 9. The van der Waals surface area contributed by atoms with Gasteiger partial charge in [-0.3, -0.25) is 9.59 Å². The number of anilines is 1. The van der Waals surface area contributed by atoms with Crippen LogP contribution in [0, 0.1) is 0 Å². The summed E-state index contributed by atoms with van der Waals surface area (Å²) in [5.41, 5.74) is 3.12. The normalized spacial score (nSPS) is 15.5. The van der Waals surface area contributed by atoms with Crippen molar-refractivity contribution in [3.05, 3.63) is 65.2 Å². The van der Waals surface area contributed by atoms with Crippen LogP contribution in [0.15, 0.2) is 48.5 Å². The molecular formula is C28H36F3N3O4. The highest BCUT2D eigenvalue weighted by Crippen LogP contribution is 2.18. The van der Waals surface area contributed by atoms with Gasteiger partial charge in [-0.15, -0.1) is 0 Å². The maximum absolute atomic E-state index is 12.6. The van der Waals surface area contributed by atoms with E-state index in [1.165, 1.54) is 24.8 Å². The number of aliphatic carboxylic acids is 1. The summed E-state index contributed by atoms with van der Waals surface area (Å²) in [6.07, 6.45) is -0.375. The SMILES string of the molecule is CCCCCN1CCC(NC(=O)c2ccc(C(=O)Nc3ccc(C(C)C)cc3)cc2)C1.O=C(O)C(F)(F)F. The number of amides is 2. The molecule has 1 atom stereocenters. The fraction of sp³-hybridized carbons (Fsp3) is 0.464. The number of halogens is 3.